The fourth-order valence-corrected chi connectivity index (χ4v) is 2.69. The monoisotopic (exact) mass is 332 g/mol. The van der Waals surface area contributed by atoms with Crippen LogP contribution >= 0.6 is 0 Å². The van der Waals surface area contributed by atoms with Crippen LogP contribution in [0.25, 0.3) is 0 Å². The minimum absolute atomic E-state index is 0.00563. The number of nitrogens with zero attached hydrogens (tertiary/aromatic N) is 2. The van der Waals surface area contributed by atoms with Gasteiger partial charge in [0, 0.05) is 31.7 Å². The van der Waals surface area contributed by atoms with E-state index in [9.17, 15) is 0 Å². The van der Waals surface area contributed by atoms with Gasteiger partial charge < -0.3 is 15.4 Å². The average Bonchev–Trinajstić information content (AvgIpc) is 2.54. The van der Waals surface area contributed by atoms with Gasteiger partial charge in [-0.2, -0.15) is 0 Å². The Kier molecular flexibility index (Phi) is 7.06. The second-order valence-corrected chi connectivity index (χ2v) is 7.23. The van der Waals surface area contributed by atoms with Crippen molar-refractivity contribution in [2.24, 2.45) is 4.99 Å². The lowest BCUT2D eigenvalue weighted by molar-refractivity contribution is 0.0341. The van der Waals surface area contributed by atoms with Crippen molar-refractivity contribution in [2.45, 2.75) is 46.3 Å². The van der Waals surface area contributed by atoms with Crippen LogP contribution in [0.2, 0.25) is 0 Å². The molecule has 0 spiro atoms. The zero-order valence-corrected chi connectivity index (χ0v) is 15.6. The lowest BCUT2D eigenvalue weighted by atomic mass is 10.1. The summed E-state index contributed by atoms with van der Waals surface area (Å²) in [6.45, 7) is 14.7. The van der Waals surface area contributed by atoms with Crippen molar-refractivity contribution in [1.82, 2.24) is 15.5 Å². The van der Waals surface area contributed by atoms with Crippen LogP contribution in [0.15, 0.2) is 29.3 Å². The Bertz CT molecular complexity index is 530. The Morgan fingerprint density at radius 1 is 1.17 bits per heavy atom. The second kappa shape index (κ2) is 9.04. The van der Waals surface area contributed by atoms with E-state index in [0.717, 1.165) is 45.4 Å². The molecule has 1 aromatic carbocycles. The molecule has 1 aliphatic heterocycles. The lowest BCUT2D eigenvalue weighted by Gasteiger charge is -2.27. The van der Waals surface area contributed by atoms with E-state index in [1.807, 2.05) is 0 Å². The largest absolute Gasteiger partial charge is 0.379 e. The molecule has 0 atom stereocenters. The maximum Gasteiger partial charge on any atom is 0.191 e. The van der Waals surface area contributed by atoms with E-state index in [4.69, 9.17) is 9.73 Å². The highest BCUT2D eigenvalue weighted by molar-refractivity contribution is 5.80. The van der Waals surface area contributed by atoms with Crippen molar-refractivity contribution in [1.29, 1.82) is 0 Å². The van der Waals surface area contributed by atoms with Gasteiger partial charge in [-0.25, -0.2) is 4.99 Å². The number of hydrogen-bond donors (Lipinski definition) is 2. The fraction of sp³-hybridized carbons (Fsp3) is 0.632. The fourth-order valence-electron chi connectivity index (χ4n) is 2.69. The van der Waals surface area contributed by atoms with Gasteiger partial charge in [0.05, 0.1) is 19.8 Å². The molecule has 0 unspecified atom stereocenters. The van der Waals surface area contributed by atoms with E-state index in [1.54, 1.807) is 0 Å². The molecule has 5 nitrogen and oxygen atoms in total. The topological polar surface area (TPSA) is 48.9 Å². The van der Waals surface area contributed by atoms with Gasteiger partial charge in [-0.15, -0.1) is 0 Å². The van der Waals surface area contributed by atoms with Gasteiger partial charge in [0.2, 0.25) is 0 Å². The van der Waals surface area contributed by atoms with Crippen LogP contribution in [0.5, 0.6) is 0 Å². The summed E-state index contributed by atoms with van der Waals surface area (Å²) < 4.78 is 5.44. The van der Waals surface area contributed by atoms with Crippen LogP contribution in [-0.4, -0.2) is 49.2 Å². The first-order chi connectivity index (χ1) is 11.5. The molecule has 0 aromatic heterocycles. The maximum absolute atomic E-state index is 5.44. The first-order valence-electron chi connectivity index (χ1n) is 8.91. The number of benzene rings is 1. The number of aliphatic imine (C=N–C) groups is 1. The number of hydrogen-bond acceptors (Lipinski definition) is 3. The molecule has 1 aromatic rings. The molecule has 1 saturated heterocycles. The molecule has 1 heterocycles. The number of ether oxygens (including phenoxy) is 1. The second-order valence-electron chi connectivity index (χ2n) is 7.23. The molecule has 0 bridgehead atoms. The standard InChI is InChI=1S/C19H32N4O/c1-5-20-18(22-19(2,3)4)21-14-16-8-6-7-9-17(16)15-23-10-12-24-13-11-23/h6-9H,5,10-15H2,1-4H3,(H2,20,21,22). The summed E-state index contributed by atoms with van der Waals surface area (Å²) in [5.41, 5.74) is 2.64. The molecule has 1 fully saturated rings. The van der Waals surface area contributed by atoms with Crippen molar-refractivity contribution in [3.8, 4) is 0 Å². The number of rotatable bonds is 5. The molecule has 0 amide bonds. The molecule has 0 aliphatic carbocycles. The Hall–Kier alpha value is -1.59. The van der Waals surface area contributed by atoms with Crippen LogP contribution in [0, 0.1) is 0 Å². The summed E-state index contributed by atoms with van der Waals surface area (Å²) in [7, 11) is 0. The third kappa shape index (κ3) is 6.49. The molecule has 2 N–H and O–H groups in total. The summed E-state index contributed by atoms with van der Waals surface area (Å²) in [4.78, 5) is 7.22. The summed E-state index contributed by atoms with van der Waals surface area (Å²) >= 11 is 0. The molecule has 2 rings (SSSR count). The molecule has 5 heteroatoms. The van der Waals surface area contributed by atoms with Crippen molar-refractivity contribution < 1.29 is 4.74 Å². The zero-order chi connectivity index (χ0) is 17.4. The van der Waals surface area contributed by atoms with Crippen LogP contribution in [0.3, 0.4) is 0 Å². The summed E-state index contributed by atoms with van der Waals surface area (Å²) in [6.07, 6.45) is 0. The van der Waals surface area contributed by atoms with Crippen molar-refractivity contribution in [2.75, 3.05) is 32.8 Å². The van der Waals surface area contributed by atoms with Gasteiger partial charge in [-0.05, 0) is 38.8 Å². The van der Waals surface area contributed by atoms with Crippen molar-refractivity contribution in [3.05, 3.63) is 35.4 Å². The predicted octanol–water partition coefficient (Wildman–Crippen LogP) is 2.37. The van der Waals surface area contributed by atoms with E-state index in [0.29, 0.717) is 6.54 Å². The molecule has 0 saturated carbocycles. The Labute approximate surface area is 146 Å². The molecular weight excluding hydrogens is 300 g/mol. The summed E-state index contributed by atoms with van der Waals surface area (Å²) in [5.74, 6) is 0.867. The highest BCUT2D eigenvalue weighted by atomic mass is 16.5. The van der Waals surface area contributed by atoms with E-state index in [-0.39, 0.29) is 5.54 Å². The minimum atomic E-state index is -0.00563. The Morgan fingerprint density at radius 2 is 1.83 bits per heavy atom. The van der Waals surface area contributed by atoms with E-state index >= 15 is 0 Å². The number of morpholine rings is 1. The summed E-state index contributed by atoms with van der Waals surface area (Å²) in [6, 6.07) is 8.60. The van der Waals surface area contributed by atoms with Crippen molar-refractivity contribution >= 4 is 5.96 Å². The first-order valence-corrected chi connectivity index (χ1v) is 8.91. The summed E-state index contributed by atoms with van der Waals surface area (Å²) in [5, 5.41) is 6.76. The number of nitrogens with one attached hydrogen (secondary N) is 2. The Morgan fingerprint density at radius 3 is 2.46 bits per heavy atom. The van der Waals surface area contributed by atoms with Crippen LogP contribution < -0.4 is 10.6 Å². The Balaban J connectivity index is 2.05. The molecule has 24 heavy (non-hydrogen) atoms. The first kappa shape index (κ1) is 18.7. The lowest BCUT2D eigenvalue weighted by Crippen LogP contribution is -2.47. The minimum Gasteiger partial charge on any atom is -0.379 e. The highest BCUT2D eigenvalue weighted by Crippen LogP contribution is 2.14. The van der Waals surface area contributed by atoms with Crippen LogP contribution in [0.1, 0.15) is 38.8 Å². The van der Waals surface area contributed by atoms with E-state index < -0.39 is 0 Å². The zero-order valence-electron chi connectivity index (χ0n) is 15.6. The van der Waals surface area contributed by atoms with Crippen LogP contribution in [-0.2, 0) is 17.8 Å². The third-order valence-electron chi connectivity index (χ3n) is 3.86. The van der Waals surface area contributed by atoms with Gasteiger partial charge >= 0.3 is 0 Å². The quantitative estimate of drug-likeness (QED) is 0.642. The number of guanidine groups is 1. The molecular formula is C19H32N4O. The molecule has 1 aliphatic rings. The van der Waals surface area contributed by atoms with Gasteiger partial charge in [-0.1, -0.05) is 24.3 Å². The van der Waals surface area contributed by atoms with Crippen LogP contribution in [0.4, 0.5) is 0 Å². The van der Waals surface area contributed by atoms with Crippen molar-refractivity contribution in [3.63, 3.8) is 0 Å². The SMILES string of the molecule is CCNC(=NCc1ccccc1CN1CCOCC1)NC(C)(C)C. The predicted molar refractivity (Wildman–Crippen MR) is 100 cm³/mol. The molecule has 134 valence electrons. The van der Waals surface area contributed by atoms with Gasteiger partial charge in [0.15, 0.2) is 5.96 Å². The van der Waals surface area contributed by atoms with E-state index in [2.05, 4.69) is 67.5 Å². The maximum atomic E-state index is 5.44. The third-order valence-corrected chi connectivity index (χ3v) is 3.86. The normalized spacial score (nSPS) is 16.9. The molecule has 0 radical (unpaired) electrons. The van der Waals surface area contributed by atoms with E-state index in [1.165, 1.54) is 11.1 Å². The smallest absolute Gasteiger partial charge is 0.191 e. The van der Waals surface area contributed by atoms with Gasteiger partial charge in [0.25, 0.3) is 0 Å². The average molecular weight is 332 g/mol. The highest BCUT2D eigenvalue weighted by Gasteiger charge is 2.14. The van der Waals surface area contributed by atoms with Gasteiger partial charge in [0.1, 0.15) is 0 Å². The van der Waals surface area contributed by atoms with Gasteiger partial charge in [-0.3, -0.25) is 4.90 Å².